The molecule has 1 aromatic carbocycles. The first-order valence-corrected chi connectivity index (χ1v) is 6.29. The molecule has 94 valence electrons. The van der Waals surface area contributed by atoms with Crippen LogP contribution in [0.15, 0.2) is 12.1 Å². The van der Waals surface area contributed by atoms with E-state index in [4.69, 9.17) is 0 Å². The topological polar surface area (TPSA) is 37.3 Å². The van der Waals surface area contributed by atoms with E-state index in [1.165, 1.54) is 0 Å². The van der Waals surface area contributed by atoms with Crippen LogP contribution in [0.4, 0.5) is 0 Å². The molecule has 0 amide bonds. The number of Topliss-reactive ketones (excluding diaryl/α,β-unsaturated/α-hetero) is 1. The van der Waals surface area contributed by atoms with E-state index in [1.54, 1.807) is 0 Å². The largest absolute Gasteiger partial charge is 0.392 e. The fourth-order valence-electron chi connectivity index (χ4n) is 2.86. The Labute approximate surface area is 108 Å². The minimum absolute atomic E-state index is 0.156. The van der Waals surface area contributed by atoms with Crippen LogP contribution in [0.2, 0.25) is 0 Å². The molecular formula is C16H18O2. The zero-order valence-electron chi connectivity index (χ0n) is 11.1. The third-order valence-electron chi connectivity index (χ3n) is 3.59. The molecule has 2 rings (SSSR count). The number of benzene rings is 1. The number of hydrogen-bond donors (Lipinski definition) is 1. The first-order chi connectivity index (χ1) is 8.54. The van der Waals surface area contributed by atoms with Crippen molar-refractivity contribution in [2.45, 2.75) is 45.6 Å². The van der Waals surface area contributed by atoms with Crippen LogP contribution >= 0.6 is 0 Å². The Morgan fingerprint density at radius 2 is 1.89 bits per heavy atom. The summed E-state index contributed by atoms with van der Waals surface area (Å²) in [4.78, 5) is 11.9. The third-order valence-corrected chi connectivity index (χ3v) is 3.59. The highest BCUT2D eigenvalue weighted by atomic mass is 16.3. The molecule has 18 heavy (non-hydrogen) atoms. The third kappa shape index (κ3) is 2.19. The summed E-state index contributed by atoms with van der Waals surface area (Å²) in [5.41, 5.74) is 4.06. The number of aliphatic hydroxyl groups is 1. The van der Waals surface area contributed by atoms with Crippen LogP contribution in [-0.2, 0) is 4.79 Å². The van der Waals surface area contributed by atoms with E-state index in [0.29, 0.717) is 12.8 Å². The first kappa shape index (κ1) is 12.9. The van der Waals surface area contributed by atoms with Crippen LogP contribution in [0.5, 0.6) is 0 Å². The monoisotopic (exact) mass is 242 g/mol. The van der Waals surface area contributed by atoms with E-state index in [2.05, 4.69) is 11.8 Å². The second-order valence-corrected chi connectivity index (χ2v) is 4.95. The summed E-state index contributed by atoms with van der Waals surface area (Å²) >= 11 is 0. The highest BCUT2D eigenvalue weighted by molar-refractivity contribution is 5.89. The zero-order valence-corrected chi connectivity index (χ0v) is 11.1. The van der Waals surface area contributed by atoms with Gasteiger partial charge >= 0.3 is 0 Å². The summed E-state index contributed by atoms with van der Waals surface area (Å²) in [6.45, 7) is 5.78. The zero-order chi connectivity index (χ0) is 13.3. The minimum atomic E-state index is -0.530. The van der Waals surface area contributed by atoms with Crippen LogP contribution in [-0.4, -0.2) is 17.0 Å². The van der Waals surface area contributed by atoms with E-state index in [9.17, 15) is 9.90 Å². The van der Waals surface area contributed by atoms with Crippen molar-refractivity contribution in [3.05, 3.63) is 34.4 Å². The number of rotatable bonds is 1. The Kier molecular flexibility index (Phi) is 3.54. The maximum absolute atomic E-state index is 11.9. The molecule has 1 aliphatic rings. The van der Waals surface area contributed by atoms with Gasteiger partial charge in [-0.15, -0.1) is 5.92 Å². The number of aryl methyl sites for hydroxylation is 2. The fraction of sp³-hybridized carbons (Fsp3) is 0.438. The van der Waals surface area contributed by atoms with Crippen molar-refractivity contribution in [2.24, 2.45) is 0 Å². The van der Waals surface area contributed by atoms with Gasteiger partial charge in [0, 0.05) is 12.0 Å². The molecule has 0 spiro atoms. The molecule has 0 saturated heterocycles. The van der Waals surface area contributed by atoms with Gasteiger partial charge in [-0.05, 0) is 56.0 Å². The van der Waals surface area contributed by atoms with Gasteiger partial charge in [-0.1, -0.05) is 5.92 Å². The van der Waals surface area contributed by atoms with Crippen molar-refractivity contribution < 1.29 is 9.90 Å². The summed E-state index contributed by atoms with van der Waals surface area (Å²) in [6.07, 6.45) is 0.540. The van der Waals surface area contributed by atoms with Gasteiger partial charge in [0.2, 0.25) is 0 Å². The highest BCUT2D eigenvalue weighted by Gasteiger charge is 2.36. The Morgan fingerprint density at radius 1 is 1.28 bits per heavy atom. The van der Waals surface area contributed by atoms with Crippen molar-refractivity contribution >= 4 is 5.78 Å². The maximum atomic E-state index is 11.9. The lowest BCUT2D eigenvalue weighted by atomic mass is 9.86. The molecule has 1 saturated carbocycles. The molecule has 2 unspecified atom stereocenters. The number of aliphatic hydroxyl groups excluding tert-OH is 1. The van der Waals surface area contributed by atoms with Crippen LogP contribution in [0.25, 0.3) is 0 Å². The molecule has 0 aliphatic heterocycles. The van der Waals surface area contributed by atoms with Gasteiger partial charge < -0.3 is 5.11 Å². The van der Waals surface area contributed by atoms with Crippen LogP contribution in [0.1, 0.15) is 47.9 Å². The summed E-state index contributed by atoms with van der Waals surface area (Å²) in [5, 5.41) is 9.99. The van der Waals surface area contributed by atoms with Crippen LogP contribution in [0.3, 0.4) is 0 Å². The number of ketones is 1. The quantitative estimate of drug-likeness (QED) is 0.768. The molecule has 1 aromatic rings. The molecule has 0 radical (unpaired) electrons. The average molecular weight is 242 g/mol. The molecule has 0 heterocycles. The van der Waals surface area contributed by atoms with Crippen LogP contribution in [0, 0.1) is 25.7 Å². The molecular weight excluding hydrogens is 224 g/mol. The highest BCUT2D eigenvalue weighted by Crippen LogP contribution is 2.35. The van der Waals surface area contributed by atoms with Gasteiger partial charge in [-0.25, -0.2) is 0 Å². The number of carbonyl (C=O) groups excluding carboxylic acids is 1. The smallest absolute Gasteiger partial charge is 0.143 e. The lowest BCUT2D eigenvalue weighted by molar-refractivity contribution is -0.119. The van der Waals surface area contributed by atoms with Crippen molar-refractivity contribution in [3.8, 4) is 11.8 Å². The lowest BCUT2D eigenvalue weighted by Crippen LogP contribution is -2.19. The van der Waals surface area contributed by atoms with Gasteiger partial charge in [-0.2, -0.15) is 0 Å². The van der Waals surface area contributed by atoms with Gasteiger partial charge in [0.05, 0.1) is 12.0 Å². The van der Waals surface area contributed by atoms with E-state index < -0.39 is 6.10 Å². The average Bonchev–Trinajstić information content (AvgIpc) is 2.60. The van der Waals surface area contributed by atoms with Gasteiger partial charge in [0.1, 0.15) is 5.78 Å². The first-order valence-electron chi connectivity index (χ1n) is 6.29. The number of carbonyl (C=O) groups is 1. The Hall–Kier alpha value is -1.59. The summed E-state index contributed by atoms with van der Waals surface area (Å²) in [7, 11) is 0. The molecule has 1 fully saturated rings. The Morgan fingerprint density at radius 3 is 2.33 bits per heavy atom. The molecule has 1 N–H and O–H groups in total. The Balaban J connectivity index is 2.50. The summed E-state index contributed by atoms with van der Waals surface area (Å²) < 4.78 is 0. The number of hydrogen-bond acceptors (Lipinski definition) is 2. The van der Waals surface area contributed by atoms with Gasteiger partial charge in [-0.3, -0.25) is 4.79 Å². The van der Waals surface area contributed by atoms with E-state index in [0.717, 1.165) is 22.3 Å². The normalized spacial score (nSPS) is 22.8. The predicted octanol–water partition coefficient (Wildman–Crippen LogP) is 2.48. The molecule has 1 aliphatic carbocycles. The van der Waals surface area contributed by atoms with E-state index in [1.807, 2.05) is 32.9 Å². The molecule has 0 aromatic heterocycles. The standard InChI is InChI=1S/C16H18O2/c1-4-5-12-8-10(2)15(11(3)9-12)16-13(17)6-7-14(16)18/h8-9,13,16-17H,6-7H2,1-3H3. The summed E-state index contributed by atoms with van der Waals surface area (Å²) in [6, 6.07) is 3.99. The molecule has 2 nitrogen and oxygen atoms in total. The van der Waals surface area contributed by atoms with Crippen molar-refractivity contribution in [1.29, 1.82) is 0 Å². The summed E-state index contributed by atoms with van der Waals surface area (Å²) in [5.74, 6) is 5.73. The molecule has 2 atom stereocenters. The molecule has 2 heteroatoms. The van der Waals surface area contributed by atoms with E-state index in [-0.39, 0.29) is 11.7 Å². The SMILES string of the molecule is CC#Cc1cc(C)c(C2C(=O)CCC2O)c(C)c1. The second kappa shape index (κ2) is 4.96. The van der Waals surface area contributed by atoms with Crippen molar-refractivity contribution in [1.82, 2.24) is 0 Å². The van der Waals surface area contributed by atoms with E-state index >= 15 is 0 Å². The van der Waals surface area contributed by atoms with Gasteiger partial charge in [0.15, 0.2) is 0 Å². The van der Waals surface area contributed by atoms with Gasteiger partial charge in [0.25, 0.3) is 0 Å². The van der Waals surface area contributed by atoms with Crippen molar-refractivity contribution in [2.75, 3.05) is 0 Å². The lowest BCUT2D eigenvalue weighted by Gasteiger charge is -2.19. The Bertz CT molecular complexity index is 523. The predicted molar refractivity (Wildman–Crippen MR) is 71.5 cm³/mol. The van der Waals surface area contributed by atoms with Crippen molar-refractivity contribution in [3.63, 3.8) is 0 Å². The second-order valence-electron chi connectivity index (χ2n) is 4.95. The maximum Gasteiger partial charge on any atom is 0.143 e. The fourth-order valence-corrected chi connectivity index (χ4v) is 2.86. The molecule has 0 bridgehead atoms. The minimum Gasteiger partial charge on any atom is -0.392 e. The van der Waals surface area contributed by atoms with Crippen LogP contribution < -0.4 is 0 Å².